The zero-order chi connectivity index (χ0) is 21.8. The van der Waals surface area contributed by atoms with E-state index >= 15 is 0 Å². The van der Waals surface area contributed by atoms with E-state index in [4.69, 9.17) is 0 Å². The summed E-state index contributed by atoms with van der Waals surface area (Å²) in [6.07, 6.45) is -2.28. The maximum atomic E-state index is 12.8. The van der Waals surface area contributed by atoms with Gasteiger partial charge in [-0.2, -0.15) is 0 Å². The summed E-state index contributed by atoms with van der Waals surface area (Å²) in [6, 6.07) is 0. The average Bonchev–Trinajstić information content (AvgIpc) is 2.75. The van der Waals surface area contributed by atoms with Gasteiger partial charge in [0.2, 0.25) is 0 Å². The number of hydrogen-bond donors (Lipinski definition) is 2. The van der Waals surface area contributed by atoms with Crippen LogP contribution in [0.25, 0.3) is 0 Å². The minimum atomic E-state index is -3.95. The standard InChI is InChI=1S/C14H10O15/c1-2-4-6(16)24-14(7(17)18)12(23)3-5(15)26-28-10(21)13(4,9(20)25-14)11(22)29-27-8(12)19/h4,23H,2-3H2,1H3,(H,17,18). The Morgan fingerprint density at radius 1 is 0.931 bits per heavy atom. The summed E-state index contributed by atoms with van der Waals surface area (Å²) in [4.78, 5) is 103. The van der Waals surface area contributed by atoms with Crippen molar-refractivity contribution in [3.05, 3.63) is 0 Å². The van der Waals surface area contributed by atoms with Crippen LogP contribution in [0.2, 0.25) is 0 Å². The summed E-state index contributed by atoms with van der Waals surface area (Å²) in [7, 11) is 0. The lowest BCUT2D eigenvalue weighted by atomic mass is 9.73. The number of hydrogen-bond acceptors (Lipinski definition) is 14. The predicted molar refractivity (Wildman–Crippen MR) is 72.7 cm³/mol. The molecule has 3 fully saturated rings. The van der Waals surface area contributed by atoms with Crippen LogP contribution in [0.4, 0.5) is 0 Å². The van der Waals surface area contributed by atoms with Crippen LogP contribution in [0, 0.1) is 11.3 Å². The molecule has 0 aliphatic carbocycles. The Hall–Kier alpha value is -3.75. The van der Waals surface area contributed by atoms with Crippen LogP contribution in [0.15, 0.2) is 0 Å². The SMILES string of the molecule is CCC1C(=O)OC2(C(=O)O)OC(=O)C13C(=O)OOC(=O)CC2(O)C(=O)OOC3=O. The number of carboxylic acids is 1. The van der Waals surface area contributed by atoms with Crippen molar-refractivity contribution in [2.24, 2.45) is 11.3 Å². The highest BCUT2D eigenvalue weighted by Crippen LogP contribution is 2.47. The molecule has 3 bridgehead atoms. The average molecular weight is 418 g/mol. The van der Waals surface area contributed by atoms with Crippen molar-refractivity contribution in [2.45, 2.75) is 31.2 Å². The smallest absolute Gasteiger partial charge is 0.397 e. The second-order valence-corrected chi connectivity index (χ2v) is 6.11. The minimum absolute atomic E-state index is 0.547. The Bertz CT molecular complexity index is 874. The summed E-state index contributed by atoms with van der Waals surface area (Å²) in [5.74, 6) is -20.4. The summed E-state index contributed by atoms with van der Waals surface area (Å²) in [5.41, 5.74) is -7.27. The van der Waals surface area contributed by atoms with Gasteiger partial charge in [-0.1, -0.05) is 6.92 Å². The molecule has 0 spiro atoms. The summed E-state index contributed by atoms with van der Waals surface area (Å²) in [6.45, 7) is 1.18. The number of aliphatic carboxylic acids is 1. The minimum Gasteiger partial charge on any atom is -0.475 e. The van der Waals surface area contributed by atoms with Crippen LogP contribution in [-0.4, -0.2) is 63.4 Å². The van der Waals surface area contributed by atoms with Gasteiger partial charge in [0.15, 0.2) is 0 Å². The van der Waals surface area contributed by atoms with E-state index in [0.29, 0.717) is 0 Å². The van der Waals surface area contributed by atoms with Gasteiger partial charge in [0.05, 0.1) is 12.3 Å². The van der Waals surface area contributed by atoms with Gasteiger partial charge in [0, 0.05) is 0 Å². The number of rotatable bonds is 2. The molecular formula is C14H10O15. The third-order valence-electron chi connectivity index (χ3n) is 4.63. The molecule has 15 nitrogen and oxygen atoms in total. The normalized spacial score (nSPS) is 37.0. The van der Waals surface area contributed by atoms with E-state index in [2.05, 4.69) is 29.0 Å². The molecule has 0 aromatic heterocycles. The molecule has 0 amide bonds. The molecule has 4 atom stereocenters. The first kappa shape index (κ1) is 20.0. The third-order valence-corrected chi connectivity index (χ3v) is 4.63. The highest BCUT2D eigenvalue weighted by Gasteiger charge is 2.79. The van der Waals surface area contributed by atoms with Gasteiger partial charge in [-0.25, -0.2) is 43.5 Å². The second kappa shape index (κ2) is 6.13. The molecule has 3 heterocycles. The van der Waals surface area contributed by atoms with Crippen LogP contribution < -0.4 is 0 Å². The summed E-state index contributed by atoms with van der Waals surface area (Å²) >= 11 is 0. The molecular weight excluding hydrogens is 408 g/mol. The fourth-order valence-electron chi connectivity index (χ4n) is 3.13. The molecule has 3 aliphatic heterocycles. The summed E-state index contributed by atoms with van der Waals surface area (Å²) < 4.78 is 9.18. The van der Waals surface area contributed by atoms with Gasteiger partial charge in [0.25, 0.3) is 11.0 Å². The van der Waals surface area contributed by atoms with Gasteiger partial charge in [-0.15, -0.1) is 0 Å². The van der Waals surface area contributed by atoms with E-state index < -0.39 is 77.3 Å². The maximum absolute atomic E-state index is 12.8. The molecule has 29 heavy (non-hydrogen) atoms. The second-order valence-electron chi connectivity index (χ2n) is 6.11. The zero-order valence-electron chi connectivity index (χ0n) is 14.2. The third kappa shape index (κ3) is 2.30. The van der Waals surface area contributed by atoms with Crippen molar-refractivity contribution in [3.8, 4) is 0 Å². The van der Waals surface area contributed by atoms with Crippen molar-refractivity contribution in [2.75, 3.05) is 0 Å². The number of aliphatic hydroxyl groups is 1. The summed E-state index contributed by atoms with van der Waals surface area (Å²) in [5, 5.41) is 20.3. The number of ether oxygens (including phenoxy) is 2. The molecule has 156 valence electrons. The van der Waals surface area contributed by atoms with Gasteiger partial charge in [-0.3, -0.25) is 9.59 Å². The topological polar surface area (TPSA) is 215 Å². The molecule has 0 saturated carbocycles. The number of carbonyl (C=O) groups excluding carboxylic acids is 6. The Morgan fingerprint density at radius 2 is 1.48 bits per heavy atom. The first-order chi connectivity index (χ1) is 13.5. The van der Waals surface area contributed by atoms with E-state index in [9.17, 15) is 43.8 Å². The van der Waals surface area contributed by atoms with E-state index in [1.165, 1.54) is 6.92 Å². The molecule has 15 heteroatoms. The first-order valence-corrected chi connectivity index (χ1v) is 7.74. The van der Waals surface area contributed by atoms with Gasteiger partial charge >= 0.3 is 47.6 Å². The monoisotopic (exact) mass is 418 g/mol. The van der Waals surface area contributed by atoms with Crippen molar-refractivity contribution in [3.63, 3.8) is 0 Å². The molecule has 4 unspecified atom stereocenters. The van der Waals surface area contributed by atoms with E-state index in [1.807, 2.05) is 0 Å². The van der Waals surface area contributed by atoms with Crippen LogP contribution in [0.3, 0.4) is 0 Å². The number of carboxylic acid groups (broad SMARTS) is 1. The van der Waals surface area contributed by atoms with E-state index in [0.717, 1.165) is 0 Å². The lowest BCUT2D eigenvalue weighted by Crippen LogP contribution is -2.68. The van der Waals surface area contributed by atoms with E-state index in [1.54, 1.807) is 0 Å². The first-order valence-electron chi connectivity index (χ1n) is 7.74. The van der Waals surface area contributed by atoms with Crippen molar-refractivity contribution >= 4 is 41.8 Å². The fourth-order valence-corrected chi connectivity index (χ4v) is 3.13. The molecule has 3 rings (SSSR count). The lowest BCUT2D eigenvalue weighted by Gasteiger charge is -2.37. The van der Waals surface area contributed by atoms with Gasteiger partial charge < -0.3 is 19.7 Å². The fraction of sp³-hybridized carbons (Fsp3) is 0.500. The van der Waals surface area contributed by atoms with Crippen LogP contribution in [-0.2, 0) is 62.6 Å². The molecule has 0 aromatic carbocycles. The zero-order valence-corrected chi connectivity index (χ0v) is 14.2. The highest BCUT2D eigenvalue weighted by molar-refractivity contribution is 6.22. The Morgan fingerprint density at radius 3 is 2.03 bits per heavy atom. The number of esters is 2. The Labute approximate surface area is 158 Å². The van der Waals surface area contributed by atoms with Crippen molar-refractivity contribution in [1.82, 2.24) is 0 Å². The van der Waals surface area contributed by atoms with Crippen LogP contribution >= 0.6 is 0 Å². The molecule has 3 saturated heterocycles. The van der Waals surface area contributed by atoms with Gasteiger partial charge in [0.1, 0.15) is 0 Å². The molecule has 2 N–H and O–H groups in total. The highest BCUT2D eigenvalue weighted by atomic mass is 17.2. The largest absolute Gasteiger partial charge is 0.475 e. The molecule has 3 aliphatic rings. The number of carbonyl (C=O) groups is 7. The van der Waals surface area contributed by atoms with Crippen LogP contribution in [0.5, 0.6) is 0 Å². The van der Waals surface area contributed by atoms with Crippen LogP contribution in [0.1, 0.15) is 19.8 Å². The maximum Gasteiger partial charge on any atom is 0.397 e. The Kier molecular flexibility index (Phi) is 4.23. The predicted octanol–water partition coefficient (Wildman–Crippen LogP) is -2.97. The van der Waals surface area contributed by atoms with Crippen molar-refractivity contribution < 1.29 is 72.8 Å². The molecule has 0 aromatic rings. The van der Waals surface area contributed by atoms with Crippen molar-refractivity contribution in [1.29, 1.82) is 0 Å². The van der Waals surface area contributed by atoms with E-state index in [-0.39, 0.29) is 0 Å². The Balaban J connectivity index is 2.48. The quantitative estimate of drug-likeness (QED) is 0.260. The van der Waals surface area contributed by atoms with Gasteiger partial charge in [-0.05, 0) is 6.42 Å². The lowest BCUT2D eigenvalue weighted by molar-refractivity contribution is -0.310. The molecule has 0 radical (unpaired) electrons.